The molecular weight excluding hydrogens is 332 g/mol. The number of ether oxygens (including phenoxy) is 1. The first-order valence-electron chi connectivity index (χ1n) is 8.52. The lowest BCUT2D eigenvalue weighted by Gasteiger charge is -2.32. The van der Waals surface area contributed by atoms with Gasteiger partial charge in [0.15, 0.2) is 0 Å². The van der Waals surface area contributed by atoms with Crippen LogP contribution in [0.3, 0.4) is 0 Å². The maximum Gasteiger partial charge on any atom is 0.306 e. The number of carbonyl (C=O) groups excluding carboxylic acids is 1. The van der Waals surface area contributed by atoms with E-state index in [1.165, 1.54) is 0 Å². The van der Waals surface area contributed by atoms with Gasteiger partial charge in [0, 0.05) is 24.7 Å². The van der Waals surface area contributed by atoms with Gasteiger partial charge in [-0.2, -0.15) is 0 Å². The maximum absolute atomic E-state index is 13.2. The number of aromatic nitrogens is 1. The Balaban J connectivity index is 1.75. The topological polar surface area (TPSA) is 79.7 Å². The van der Waals surface area contributed by atoms with Gasteiger partial charge >= 0.3 is 5.97 Å². The monoisotopic (exact) mass is 350 g/mol. The summed E-state index contributed by atoms with van der Waals surface area (Å²) in [5, 5.41) is 11.9. The zero-order valence-electron chi connectivity index (χ0n) is 14.1. The second-order valence-electron chi connectivity index (χ2n) is 6.39. The highest BCUT2D eigenvalue weighted by molar-refractivity contribution is 6.15. The minimum Gasteiger partial charge on any atom is -0.481 e. The van der Waals surface area contributed by atoms with Gasteiger partial charge < -0.3 is 14.7 Å². The SMILES string of the molecule is O=C(O)CC1CN(C(=O)c2cc3ccccc3c3cccnc23)CCO1. The Morgan fingerprint density at radius 2 is 2.00 bits per heavy atom. The Morgan fingerprint density at radius 1 is 1.19 bits per heavy atom. The number of carbonyl (C=O) groups is 2. The molecule has 0 saturated carbocycles. The Bertz CT molecular complexity index is 1000. The third kappa shape index (κ3) is 2.99. The lowest BCUT2D eigenvalue weighted by molar-refractivity contribution is -0.141. The number of pyridine rings is 1. The molecule has 0 bridgehead atoms. The van der Waals surface area contributed by atoms with Gasteiger partial charge in [-0.1, -0.05) is 30.3 Å². The van der Waals surface area contributed by atoms with E-state index in [1.807, 2.05) is 42.5 Å². The van der Waals surface area contributed by atoms with E-state index in [2.05, 4.69) is 4.98 Å². The minimum absolute atomic E-state index is 0.111. The average Bonchev–Trinajstić information content (AvgIpc) is 2.66. The van der Waals surface area contributed by atoms with E-state index < -0.39 is 12.1 Å². The van der Waals surface area contributed by atoms with E-state index in [0.717, 1.165) is 16.2 Å². The molecule has 1 N–H and O–H groups in total. The number of amides is 1. The fourth-order valence-electron chi connectivity index (χ4n) is 3.48. The zero-order valence-corrected chi connectivity index (χ0v) is 14.1. The quantitative estimate of drug-likeness (QED) is 0.735. The van der Waals surface area contributed by atoms with Crippen molar-refractivity contribution in [2.24, 2.45) is 0 Å². The highest BCUT2D eigenvalue weighted by atomic mass is 16.5. The molecule has 1 saturated heterocycles. The van der Waals surface area contributed by atoms with Gasteiger partial charge in [-0.3, -0.25) is 14.6 Å². The summed E-state index contributed by atoms with van der Waals surface area (Å²) in [6.45, 7) is 1.05. The molecular formula is C20H18N2O4. The van der Waals surface area contributed by atoms with Crippen molar-refractivity contribution in [3.63, 3.8) is 0 Å². The van der Waals surface area contributed by atoms with Crippen LogP contribution in [0.4, 0.5) is 0 Å². The summed E-state index contributed by atoms with van der Waals surface area (Å²) in [5.41, 5.74) is 1.20. The van der Waals surface area contributed by atoms with Crippen LogP contribution < -0.4 is 0 Å². The molecule has 1 atom stereocenters. The lowest BCUT2D eigenvalue weighted by atomic mass is 10.00. The van der Waals surface area contributed by atoms with Gasteiger partial charge in [0.1, 0.15) is 0 Å². The number of carboxylic acid groups (broad SMARTS) is 1. The van der Waals surface area contributed by atoms with Crippen molar-refractivity contribution in [2.75, 3.05) is 19.7 Å². The van der Waals surface area contributed by atoms with E-state index in [4.69, 9.17) is 9.84 Å². The van der Waals surface area contributed by atoms with Gasteiger partial charge in [0.05, 0.1) is 30.2 Å². The van der Waals surface area contributed by atoms with E-state index in [0.29, 0.717) is 24.2 Å². The number of hydrogen-bond acceptors (Lipinski definition) is 4. The predicted octanol–water partition coefficient (Wildman–Crippen LogP) is 2.70. The van der Waals surface area contributed by atoms with E-state index >= 15 is 0 Å². The maximum atomic E-state index is 13.2. The van der Waals surface area contributed by atoms with E-state index in [-0.39, 0.29) is 18.9 Å². The molecule has 6 heteroatoms. The summed E-state index contributed by atoms with van der Waals surface area (Å²) < 4.78 is 5.47. The molecule has 0 aliphatic carbocycles. The summed E-state index contributed by atoms with van der Waals surface area (Å²) in [7, 11) is 0. The number of morpholine rings is 1. The van der Waals surface area contributed by atoms with Crippen molar-refractivity contribution in [3.8, 4) is 0 Å². The van der Waals surface area contributed by atoms with Gasteiger partial charge in [-0.05, 0) is 22.9 Å². The van der Waals surface area contributed by atoms with Crippen LogP contribution in [0.25, 0.3) is 21.7 Å². The summed E-state index contributed by atoms with van der Waals surface area (Å²) >= 11 is 0. The number of rotatable bonds is 3. The average molecular weight is 350 g/mol. The number of hydrogen-bond donors (Lipinski definition) is 1. The molecule has 1 fully saturated rings. The molecule has 132 valence electrons. The number of benzene rings is 2. The van der Waals surface area contributed by atoms with Crippen molar-refractivity contribution < 1.29 is 19.4 Å². The largest absolute Gasteiger partial charge is 0.481 e. The molecule has 3 aromatic rings. The Morgan fingerprint density at radius 3 is 2.85 bits per heavy atom. The standard InChI is InChI=1S/C20H18N2O4/c23-18(24)11-14-12-22(8-9-26-14)20(25)17-10-13-4-1-2-5-15(13)16-6-3-7-21-19(16)17/h1-7,10,14H,8-9,11-12H2,(H,23,24). The van der Waals surface area contributed by atoms with Crippen molar-refractivity contribution in [2.45, 2.75) is 12.5 Å². The van der Waals surface area contributed by atoms with E-state index in [1.54, 1.807) is 11.1 Å². The third-order valence-electron chi connectivity index (χ3n) is 4.67. The zero-order chi connectivity index (χ0) is 18.1. The normalized spacial score (nSPS) is 17.5. The molecule has 4 rings (SSSR count). The fourth-order valence-corrected chi connectivity index (χ4v) is 3.48. The van der Waals surface area contributed by atoms with Crippen LogP contribution in [-0.4, -0.2) is 52.7 Å². The fraction of sp³-hybridized carbons (Fsp3) is 0.250. The van der Waals surface area contributed by atoms with Crippen molar-refractivity contribution >= 4 is 33.6 Å². The predicted molar refractivity (Wildman–Crippen MR) is 97.1 cm³/mol. The third-order valence-corrected chi connectivity index (χ3v) is 4.67. The van der Waals surface area contributed by atoms with E-state index in [9.17, 15) is 9.59 Å². The Labute approximate surface area is 150 Å². The van der Waals surface area contributed by atoms with Crippen LogP contribution in [0.5, 0.6) is 0 Å². The van der Waals surface area contributed by atoms with Gasteiger partial charge in [0.2, 0.25) is 0 Å². The highest BCUT2D eigenvalue weighted by Gasteiger charge is 2.28. The minimum atomic E-state index is -0.929. The first-order chi connectivity index (χ1) is 12.6. The van der Waals surface area contributed by atoms with Gasteiger partial charge in [-0.15, -0.1) is 0 Å². The van der Waals surface area contributed by atoms with Crippen LogP contribution in [0.2, 0.25) is 0 Å². The molecule has 6 nitrogen and oxygen atoms in total. The highest BCUT2D eigenvalue weighted by Crippen LogP contribution is 2.28. The summed E-state index contributed by atoms with van der Waals surface area (Å²) in [6, 6.07) is 13.6. The first kappa shape index (κ1) is 16.5. The van der Waals surface area contributed by atoms with Crippen LogP contribution >= 0.6 is 0 Å². The molecule has 0 spiro atoms. The second-order valence-corrected chi connectivity index (χ2v) is 6.39. The van der Waals surface area contributed by atoms with Crippen LogP contribution in [0.1, 0.15) is 16.8 Å². The van der Waals surface area contributed by atoms with Crippen molar-refractivity contribution in [1.82, 2.24) is 9.88 Å². The molecule has 2 heterocycles. The number of carboxylic acids is 1. The van der Waals surface area contributed by atoms with Crippen LogP contribution in [0, 0.1) is 0 Å². The lowest BCUT2D eigenvalue weighted by Crippen LogP contribution is -2.46. The second kappa shape index (κ2) is 6.72. The number of nitrogens with zero attached hydrogens (tertiary/aromatic N) is 2. The van der Waals surface area contributed by atoms with Crippen LogP contribution in [0.15, 0.2) is 48.7 Å². The molecule has 1 unspecified atom stereocenters. The summed E-state index contributed by atoms with van der Waals surface area (Å²) in [6.07, 6.45) is 1.09. The molecule has 26 heavy (non-hydrogen) atoms. The molecule has 1 aliphatic heterocycles. The van der Waals surface area contributed by atoms with Crippen molar-refractivity contribution in [1.29, 1.82) is 0 Å². The number of fused-ring (bicyclic) bond motifs is 3. The molecule has 1 aromatic heterocycles. The van der Waals surface area contributed by atoms with Gasteiger partial charge in [-0.25, -0.2) is 0 Å². The molecule has 0 radical (unpaired) electrons. The van der Waals surface area contributed by atoms with Gasteiger partial charge in [0.25, 0.3) is 5.91 Å². The first-order valence-corrected chi connectivity index (χ1v) is 8.52. The smallest absolute Gasteiger partial charge is 0.306 e. The van der Waals surface area contributed by atoms with Crippen LogP contribution in [-0.2, 0) is 9.53 Å². The van der Waals surface area contributed by atoms with Crippen molar-refractivity contribution in [3.05, 3.63) is 54.2 Å². The summed E-state index contributed by atoms with van der Waals surface area (Å²) in [5.74, 6) is -1.07. The molecule has 2 aromatic carbocycles. The Kier molecular flexibility index (Phi) is 4.26. The number of aliphatic carboxylic acids is 1. The molecule has 1 amide bonds. The molecule has 1 aliphatic rings. The summed E-state index contributed by atoms with van der Waals surface area (Å²) in [4.78, 5) is 30.2. The Hall–Kier alpha value is -2.99.